The zero-order valence-electron chi connectivity index (χ0n) is 42.1. The molecule has 0 saturated carbocycles. The number of likely N-dealkylation sites (N-methyl/N-ethyl adjacent to an activating group) is 2. The maximum Gasteiger partial charge on any atom is 0.410 e. The first-order valence-corrected chi connectivity index (χ1v) is 23.7. The van der Waals surface area contributed by atoms with Crippen molar-refractivity contribution >= 4 is 40.7 Å². The van der Waals surface area contributed by atoms with Crippen molar-refractivity contribution < 1.29 is 43.3 Å². The number of aromatic nitrogens is 2. The van der Waals surface area contributed by atoms with Gasteiger partial charge in [0, 0.05) is 68.8 Å². The number of esters is 1. The summed E-state index contributed by atoms with van der Waals surface area (Å²) < 4.78 is 19.7. The molecule has 0 aliphatic carbocycles. The van der Waals surface area contributed by atoms with E-state index in [0.717, 1.165) is 39.0 Å². The summed E-state index contributed by atoms with van der Waals surface area (Å²) in [5.41, 5.74) is 8.62. The first-order chi connectivity index (χ1) is 31.9. The summed E-state index contributed by atoms with van der Waals surface area (Å²) in [6, 6.07) is 11.3. The number of phenolic OH excluding ortho intramolecular Hbond substituents is 1. The SMILES string of the molecule is CCn1c(-c2cccnc2[C@H](C)OC)c2c3cc(ccc31)-c1cc(O)cc(c1)C[C@H](NC(=O)[C@H](C(C)C)N(C)C(=O)[C@H](C)N(C)C(=O)OC(C)(C)C)C(=O)N1CCC[C@H](N1)C(=O)OCC(C)(C)C2. The molecule has 6 rings (SSSR count). The first-order valence-electron chi connectivity index (χ1n) is 23.7. The molecule has 2 aromatic heterocycles. The average Bonchev–Trinajstić information content (AvgIpc) is 3.59. The van der Waals surface area contributed by atoms with Gasteiger partial charge < -0.3 is 34.1 Å². The fourth-order valence-electron chi connectivity index (χ4n) is 9.34. The van der Waals surface area contributed by atoms with Gasteiger partial charge in [-0.15, -0.1) is 0 Å². The number of nitrogens with zero attached hydrogens (tertiary/aromatic N) is 5. The summed E-state index contributed by atoms with van der Waals surface area (Å²) in [5, 5.41) is 16.7. The Balaban J connectivity index is 1.44. The Labute approximate surface area is 400 Å². The van der Waals surface area contributed by atoms with E-state index in [0.29, 0.717) is 36.9 Å². The third-order valence-electron chi connectivity index (χ3n) is 13.0. The van der Waals surface area contributed by atoms with Crippen LogP contribution in [0.4, 0.5) is 4.79 Å². The molecule has 2 aliphatic heterocycles. The number of carbonyl (C=O) groups is 5. The predicted octanol–water partition coefficient (Wildman–Crippen LogP) is 7.19. The highest BCUT2D eigenvalue weighted by Crippen LogP contribution is 2.42. The van der Waals surface area contributed by atoms with Crippen molar-refractivity contribution in [2.45, 2.75) is 137 Å². The maximum atomic E-state index is 14.7. The Kier molecular flexibility index (Phi) is 15.6. The van der Waals surface area contributed by atoms with Gasteiger partial charge in [-0.1, -0.05) is 39.8 Å². The lowest BCUT2D eigenvalue weighted by Gasteiger charge is -2.37. The highest BCUT2D eigenvalue weighted by Gasteiger charge is 2.39. The molecule has 68 heavy (non-hydrogen) atoms. The zero-order chi connectivity index (χ0) is 50.0. The Hall–Kier alpha value is -6.00. The lowest BCUT2D eigenvalue weighted by atomic mass is 9.84. The number of fused-ring (bicyclic) bond motifs is 6. The summed E-state index contributed by atoms with van der Waals surface area (Å²) in [6.07, 6.45) is 2.19. The van der Waals surface area contributed by atoms with Crippen LogP contribution < -0.4 is 10.7 Å². The van der Waals surface area contributed by atoms with E-state index < -0.39 is 70.9 Å². The summed E-state index contributed by atoms with van der Waals surface area (Å²) >= 11 is 0. The molecule has 1 fully saturated rings. The second-order valence-corrected chi connectivity index (χ2v) is 20.4. The zero-order valence-corrected chi connectivity index (χ0v) is 42.1. The highest BCUT2D eigenvalue weighted by molar-refractivity contribution is 5.96. The maximum absolute atomic E-state index is 14.7. The predicted molar refractivity (Wildman–Crippen MR) is 260 cm³/mol. The summed E-state index contributed by atoms with van der Waals surface area (Å²) in [6.45, 7) is 19.6. The molecule has 4 aromatic rings. The summed E-state index contributed by atoms with van der Waals surface area (Å²) in [5.74, 6) is -2.55. The number of hydrogen-bond donors (Lipinski definition) is 3. The summed E-state index contributed by atoms with van der Waals surface area (Å²) in [4.78, 5) is 77.4. The molecule has 6 bridgehead atoms. The van der Waals surface area contributed by atoms with Crippen molar-refractivity contribution in [2.75, 3.05) is 34.4 Å². The Morgan fingerprint density at radius 2 is 1.75 bits per heavy atom. The normalized spacial score (nSPS) is 19.1. The van der Waals surface area contributed by atoms with Crippen LogP contribution in [0, 0.1) is 11.3 Å². The van der Waals surface area contributed by atoms with Gasteiger partial charge in [0.25, 0.3) is 5.91 Å². The monoisotopic (exact) mass is 938 g/mol. The molecular formula is C52H71N7O9. The standard InChI is InChI=1S/C52H71N7O9/c1-14-58-42-20-19-34-27-38(42)39(45(58)37-17-15-21-53-43(37)32(5)66-13)28-52(9,10)29-67-49(64)40-18-16-22-59(55-40)48(63)41(25-33-23-35(34)26-36(60)24-33)54-46(61)44(30(2)3)57(12)47(62)31(4)56(11)50(65)68-51(6,7)8/h15,17,19-21,23-24,26-27,30-32,40-41,44,55,60H,14,16,18,22,25,28-29H2,1-13H3,(H,54,61)/t31-,32-,40-,41-,44-/m0/s1. The quantitative estimate of drug-likeness (QED) is 0.137. The van der Waals surface area contributed by atoms with Crippen LogP contribution in [0.3, 0.4) is 0 Å². The number of aryl methyl sites for hydroxylation is 1. The second-order valence-electron chi connectivity index (χ2n) is 20.4. The van der Waals surface area contributed by atoms with Crippen molar-refractivity contribution in [3.8, 4) is 28.1 Å². The van der Waals surface area contributed by atoms with Gasteiger partial charge in [0.1, 0.15) is 35.5 Å². The third kappa shape index (κ3) is 11.3. The van der Waals surface area contributed by atoms with Crippen molar-refractivity contribution in [3.05, 3.63) is 71.5 Å². The number of ether oxygens (including phenoxy) is 3. The van der Waals surface area contributed by atoms with Crippen molar-refractivity contribution in [2.24, 2.45) is 11.3 Å². The fraction of sp³-hybridized carbons (Fsp3) is 0.538. The summed E-state index contributed by atoms with van der Waals surface area (Å²) in [7, 11) is 4.63. The van der Waals surface area contributed by atoms with Crippen LogP contribution in [0.2, 0.25) is 0 Å². The van der Waals surface area contributed by atoms with Gasteiger partial charge in [0.05, 0.1) is 24.1 Å². The highest BCUT2D eigenvalue weighted by atomic mass is 16.6. The number of hydrazine groups is 1. The van der Waals surface area contributed by atoms with E-state index in [4.69, 9.17) is 19.2 Å². The Morgan fingerprint density at radius 1 is 1.03 bits per heavy atom. The van der Waals surface area contributed by atoms with Crippen molar-refractivity contribution in [3.63, 3.8) is 0 Å². The minimum absolute atomic E-state index is 0.0290. The average molecular weight is 938 g/mol. The minimum atomic E-state index is -1.21. The van der Waals surface area contributed by atoms with E-state index in [2.05, 4.69) is 54.3 Å². The topological polar surface area (TPSA) is 185 Å². The van der Waals surface area contributed by atoms with Crippen molar-refractivity contribution in [1.29, 1.82) is 0 Å². The molecule has 16 heteroatoms. The van der Waals surface area contributed by atoms with Gasteiger partial charge in [0.2, 0.25) is 11.8 Å². The van der Waals surface area contributed by atoms with E-state index in [1.165, 1.54) is 28.9 Å². The molecule has 2 aromatic carbocycles. The van der Waals surface area contributed by atoms with Crippen molar-refractivity contribution in [1.82, 2.24) is 35.1 Å². The number of pyridine rings is 1. The number of methoxy groups -OCH3 is 1. The first kappa shape index (κ1) is 51.4. The molecule has 16 nitrogen and oxygen atoms in total. The van der Waals surface area contributed by atoms with Crippen LogP contribution in [-0.4, -0.2) is 123 Å². The van der Waals surface area contributed by atoms with E-state index in [9.17, 15) is 29.1 Å². The van der Waals surface area contributed by atoms with Crippen LogP contribution in [0.1, 0.15) is 105 Å². The fourth-order valence-corrected chi connectivity index (χ4v) is 9.34. The third-order valence-corrected chi connectivity index (χ3v) is 13.0. The molecule has 3 N–H and O–H groups in total. The molecule has 4 heterocycles. The van der Waals surface area contributed by atoms with Crippen LogP contribution in [-0.2, 0) is 52.8 Å². The largest absolute Gasteiger partial charge is 0.508 e. The number of hydrogen-bond acceptors (Lipinski definition) is 11. The Bertz CT molecular complexity index is 2530. The number of aromatic hydroxyl groups is 1. The van der Waals surface area contributed by atoms with Crippen LogP contribution in [0.15, 0.2) is 54.7 Å². The number of nitrogens with one attached hydrogen (secondary N) is 2. The smallest absolute Gasteiger partial charge is 0.410 e. The van der Waals surface area contributed by atoms with Gasteiger partial charge in [-0.05, 0) is 125 Å². The van der Waals surface area contributed by atoms with Crippen LogP contribution in [0.25, 0.3) is 33.3 Å². The molecule has 0 unspecified atom stereocenters. The number of benzene rings is 2. The lowest BCUT2D eigenvalue weighted by molar-refractivity contribution is -0.155. The molecule has 5 atom stereocenters. The number of rotatable bonds is 10. The van der Waals surface area contributed by atoms with E-state index in [1.54, 1.807) is 67.0 Å². The minimum Gasteiger partial charge on any atom is -0.508 e. The number of phenols is 1. The van der Waals surface area contributed by atoms with Gasteiger partial charge in [-0.25, -0.2) is 10.2 Å². The number of cyclic esters (lactones) is 1. The lowest BCUT2D eigenvalue weighted by Crippen LogP contribution is -2.62. The molecule has 368 valence electrons. The van der Waals surface area contributed by atoms with Gasteiger partial charge in [-0.3, -0.25) is 34.1 Å². The molecular weight excluding hydrogens is 867 g/mol. The van der Waals surface area contributed by atoms with Gasteiger partial charge in [-0.2, -0.15) is 0 Å². The van der Waals surface area contributed by atoms with Crippen LogP contribution >= 0.6 is 0 Å². The van der Waals surface area contributed by atoms with E-state index in [-0.39, 0.29) is 31.4 Å². The second kappa shape index (κ2) is 20.7. The van der Waals surface area contributed by atoms with Gasteiger partial charge in [0.15, 0.2) is 0 Å². The molecule has 2 aliphatic rings. The Morgan fingerprint density at radius 3 is 2.41 bits per heavy atom. The molecule has 0 spiro atoms. The molecule has 0 radical (unpaired) electrons. The van der Waals surface area contributed by atoms with Crippen LogP contribution in [0.5, 0.6) is 5.75 Å². The van der Waals surface area contributed by atoms with E-state index >= 15 is 0 Å². The number of amides is 4. The molecule has 4 amide bonds. The van der Waals surface area contributed by atoms with E-state index in [1.807, 2.05) is 25.1 Å². The number of carbonyl (C=O) groups excluding carboxylic acids is 5. The molecule has 1 saturated heterocycles. The van der Waals surface area contributed by atoms with Gasteiger partial charge >= 0.3 is 12.1 Å².